The second kappa shape index (κ2) is 7.82. The molecular weight excluding hydrogens is 397 g/mol. The average molecular weight is 410 g/mol. The molecule has 2 heterocycles. The van der Waals surface area contributed by atoms with Gasteiger partial charge in [-0.05, 0) is 40.5 Å². The third-order valence-corrected chi connectivity index (χ3v) is 4.34. The molecule has 0 aliphatic heterocycles. The first-order valence-corrected chi connectivity index (χ1v) is 8.74. The summed E-state index contributed by atoms with van der Waals surface area (Å²) in [5.74, 6) is -1.16. The van der Waals surface area contributed by atoms with E-state index in [0.29, 0.717) is 5.56 Å². The van der Waals surface area contributed by atoms with E-state index in [-0.39, 0.29) is 17.0 Å². The number of carbonyl (C=O) groups excluding carboxylic acids is 1. The highest BCUT2D eigenvalue weighted by Crippen LogP contribution is 2.39. The van der Waals surface area contributed by atoms with Crippen molar-refractivity contribution in [2.45, 2.75) is 6.18 Å². The highest BCUT2D eigenvalue weighted by atomic mass is 19.4. The summed E-state index contributed by atoms with van der Waals surface area (Å²) < 4.78 is 50.7. The molecule has 0 N–H and O–H groups in total. The quantitative estimate of drug-likeness (QED) is 0.322. The second-order valence-corrected chi connectivity index (χ2v) is 6.29. The van der Waals surface area contributed by atoms with Crippen molar-refractivity contribution in [2.75, 3.05) is 0 Å². The van der Waals surface area contributed by atoms with Crippen LogP contribution >= 0.6 is 0 Å². The molecule has 0 radical (unpaired) electrons. The van der Waals surface area contributed by atoms with Gasteiger partial charge in [-0.2, -0.15) is 13.2 Å². The Morgan fingerprint density at radius 1 is 0.967 bits per heavy atom. The molecule has 2 aromatic heterocycles. The zero-order chi connectivity index (χ0) is 21.1. The molecule has 0 unspecified atom stereocenters. The van der Waals surface area contributed by atoms with Gasteiger partial charge < -0.3 is 9.15 Å². The van der Waals surface area contributed by atoms with Gasteiger partial charge in [0.25, 0.3) is 0 Å². The van der Waals surface area contributed by atoms with Crippen molar-refractivity contribution in [2.24, 2.45) is 0 Å². The number of rotatable bonds is 4. The summed E-state index contributed by atoms with van der Waals surface area (Å²) in [5.41, 5.74) is 0.986. The molecule has 8 heteroatoms. The molecule has 4 aromatic rings. The fourth-order valence-electron chi connectivity index (χ4n) is 2.92. The van der Waals surface area contributed by atoms with E-state index in [4.69, 9.17) is 4.74 Å². The van der Waals surface area contributed by atoms with Gasteiger partial charge in [0.15, 0.2) is 12.1 Å². The molecule has 30 heavy (non-hydrogen) atoms. The number of carbonyl (C=O) groups is 1. The number of ether oxygens (including phenoxy) is 1. The summed E-state index contributed by atoms with van der Waals surface area (Å²) in [6.07, 6.45) is 0.744. The third-order valence-electron chi connectivity index (χ3n) is 4.34. The van der Waals surface area contributed by atoms with Crippen LogP contribution in [0.4, 0.5) is 13.2 Å². The fraction of sp³-hybridized carbons (Fsp3) is 0.0455. The monoisotopic (exact) mass is 410 g/mol. The van der Waals surface area contributed by atoms with Crippen LogP contribution in [0, 0.1) is 0 Å². The number of pyridine rings is 1. The molecule has 0 spiro atoms. The molecular formula is C22H13F3N2O3. The van der Waals surface area contributed by atoms with Crippen LogP contribution in [0.15, 0.2) is 84.1 Å². The van der Waals surface area contributed by atoms with E-state index in [9.17, 15) is 18.0 Å². The molecule has 150 valence electrons. The number of halogens is 3. The molecule has 4 rings (SSSR count). The SMILES string of the molecule is O=C(Oc1ccc(-c2ccc(-c3cccnc3)cc2)c(C(F)(F)F)c1)c1cocn1. The predicted molar refractivity (Wildman–Crippen MR) is 102 cm³/mol. The number of benzene rings is 2. The van der Waals surface area contributed by atoms with Gasteiger partial charge in [0, 0.05) is 12.4 Å². The standard InChI is InChI=1S/C22H13F3N2O3/c23-22(24,25)19-10-17(30-21(28)20-12-29-13-27-20)7-8-18(19)15-5-3-14(4-6-15)16-2-1-9-26-11-16/h1-13H. The van der Waals surface area contributed by atoms with E-state index >= 15 is 0 Å². The highest BCUT2D eigenvalue weighted by molar-refractivity contribution is 5.88. The van der Waals surface area contributed by atoms with E-state index in [1.165, 1.54) is 12.1 Å². The first-order valence-electron chi connectivity index (χ1n) is 8.74. The normalized spacial score (nSPS) is 11.3. The van der Waals surface area contributed by atoms with E-state index in [1.807, 2.05) is 6.07 Å². The first-order chi connectivity index (χ1) is 14.4. The summed E-state index contributed by atoms with van der Waals surface area (Å²) in [6, 6.07) is 13.7. The van der Waals surface area contributed by atoms with Crippen molar-refractivity contribution >= 4 is 5.97 Å². The van der Waals surface area contributed by atoms with Crippen LogP contribution in [0.1, 0.15) is 16.1 Å². The van der Waals surface area contributed by atoms with Crippen molar-refractivity contribution in [3.05, 3.63) is 90.9 Å². The van der Waals surface area contributed by atoms with Crippen LogP contribution in [0.3, 0.4) is 0 Å². The number of nitrogens with zero attached hydrogens (tertiary/aromatic N) is 2. The van der Waals surface area contributed by atoms with Crippen LogP contribution in [-0.2, 0) is 6.18 Å². The van der Waals surface area contributed by atoms with Gasteiger partial charge in [-0.25, -0.2) is 9.78 Å². The molecule has 5 nitrogen and oxygen atoms in total. The lowest BCUT2D eigenvalue weighted by atomic mass is 9.97. The molecule has 0 aliphatic carbocycles. The maximum absolute atomic E-state index is 13.7. The van der Waals surface area contributed by atoms with Gasteiger partial charge in [0.1, 0.15) is 12.0 Å². The molecule has 0 saturated carbocycles. The Morgan fingerprint density at radius 2 is 1.73 bits per heavy atom. The van der Waals surface area contributed by atoms with Crippen LogP contribution < -0.4 is 4.74 Å². The largest absolute Gasteiger partial charge is 0.451 e. The molecule has 0 aliphatic rings. The van der Waals surface area contributed by atoms with Crippen molar-refractivity contribution in [3.63, 3.8) is 0 Å². The fourth-order valence-corrected chi connectivity index (χ4v) is 2.92. The molecule has 0 saturated heterocycles. The smallest absolute Gasteiger partial charge is 0.417 e. The summed E-state index contributed by atoms with van der Waals surface area (Å²) in [7, 11) is 0. The van der Waals surface area contributed by atoms with Crippen LogP contribution in [0.5, 0.6) is 5.75 Å². The van der Waals surface area contributed by atoms with Crippen molar-refractivity contribution in [1.82, 2.24) is 9.97 Å². The van der Waals surface area contributed by atoms with Crippen LogP contribution in [0.2, 0.25) is 0 Å². The lowest BCUT2D eigenvalue weighted by Crippen LogP contribution is -2.11. The lowest BCUT2D eigenvalue weighted by molar-refractivity contribution is -0.137. The summed E-state index contributed by atoms with van der Waals surface area (Å²) in [5, 5.41) is 0. The number of hydrogen-bond donors (Lipinski definition) is 0. The topological polar surface area (TPSA) is 65.2 Å². The Kier molecular flexibility index (Phi) is 5.05. The number of hydrogen-bond acceptors (Lipinski definition) is 5. The van der Waals surface area contributed by atoms with Crippen molar-refractivity contribution in [3.8, 4) is 28.0 Å². The van der Waals surface area contributed by atoms with Gasteiger partial charge in [-0.3, -0.25) is 4.98 Å². The number of alkyl halides is 3. The minimum Gasteiger partial charge on any atom is -0.451 e. The van der Waals surface area contributed by atoms with Crippen LogP contribution in [0.25, 0.3) is 22.3 Å². The molecule has 0 fully saturated rings. The number of esters is 1. The summed E-state index contributed by atoms with van der Waals surface area (Å²) in [4.78, 5) is 19.6. The Balaban J connectivity index is 1.67. The third kappa shape index (κ3) is 4.07. The summed E-state index contributed by atoms with van der Waals surface area (Å²) >= 11 is 0. The van der Waals surface area contributed by atoms with Crippen molar-refractivity contribution in [1.29, 1.82) is 0 Å². The predicted octanol–water partition coefficient (Wildman–Crippen LogP) is 5.64. The van der Waals surface area contributed by atoms with Gasteiger partial charge in [0.05, 0.1) is 5.56 Å². The van der Waals surface area contributed by atoms with E-state index in [1.54, 1.807) is 42.7 Å². The number of aromatic nitrogens is 2. The molecule has 2 aromatic carbocycles. The van der Waals surface area contributed by atoms with Crippen molar-refractivity contribution < 1.29 is 27.1 Å². The second-order valence-electron chi connectivity index (χ2n) is 6.29. The van der Waals surface area contributed by atoms with Crippen LogP contribution in [-0.4, -0.2) is 15.9 Å². The Labute approximate surface area is 168 Å². The zero-order valence-electron chi connectivity index (χ0n) is 15.3. The van der Waals surface area contributed by atoms with Gasteiger partial charge in [-0.1, -0.05) is 36.4 Å². The Hall–Kier alpha value is -3.94. The molecule has 0 atom stereocenters. The average Bonchev–Trinajstić information content (AvgIpc) is 3.29. The van der Waals surface area contributed by atoms with Gasteiger partial charge in [-0.15, -0.1) is 0 Å². The number of oxazole rings is 1. The highest BCUT2D eigenvalue weighted by Gasteiger charge is 2.34. The van der Waals surface area contributed by atoms with Gasteiger partial charge in [0.2, 0.25) is 0 Å². The van der Waals surface area contributed by atoms with E-state index < -0.39 is 17.7 Å². The first kappa shape index (κ1) is 19.4. The van der Waals surface area contributed by atoms with E-state index in [2.05, 4.69) is 14.4 Å². The summed E-state index contributed by atoms with van der Waals surface area (Å²) in [6.45, 7) is 0. The Bertz CT molecular complexity index is 1160. The minimum absolute atomic E-state index is 0.0264. The minimum atomic E-state index is -4.65. The Morgan fingerprint density at radius 3 is 2.37 bits per heavy atom. The molecule has 0 bridgehead atoms. The van der Waals surface area contributed by atoms with E-state index in [0.717, 1.165) is 29.9 Å². The zero-order valence-corrected chi connectivity index (χ0v) is 15.3. The molecule has 0 amide bonds. The maximum Gasteiger partial charge on any atom is 0.417 e. The van der Waals surface area contributed by atoms with Gasteiger partial charge >= 0.3 is 12.1 Å². The maximum atomic E-state index is 13.7. The lowest BCUT2D eigenvalue weighted by Gasteiger charge is -2.15.